The summed E-state index contributed by atoms with van der Waals surface area (Å²) in [4.78, 5) is 19.8. The number of carbonyl (C=O) groups excluding carboxylic acids is 1. The van der Waals surface area contributed by atoms with Gasteiger partial charge in [-0.1, -0.05) is 12.2 Å². The van der Waals surface area contributed by atoms with E-state index in [9.17, 15) is 4.79 Å². The molecule has 0 atom stereocenters. The van der Waals surface area contributed by atoms with Gasteiger partial charge in [0.25, 0.3) is 0 Å². The van der Waals surface area contributed by atoms with Crippen LogP contribution < -0.4 is 4.74 Å². The van der Waals surface area contributed by atoms with Crippen LogP contribution >= 0.6 is 23.6 Å². The van der Waals surface area contributed by atoms with Crippen molar-refractivity contribution in [2.75, 3.05) is 14.2 Å². The summed E-state index contributed by atoms with van der Waals surface area (Å²) in [5.41, 5.74) is 0.930. The number of aromatic amines is 1. The Morgan fingerprint density at radius 3 is 2.74 bits per heavy atom. The maximum Gasteiger partial charge on any atom is 0.342 e. The predicted molar refractivity (Wildman–Crippen MR) is 75.4 cm³/mol. The minimum Gasteiger partial charge on any atom is -0.496 e. The maximum atomic E-state index is 11.6. The van der Waals surface area contributed by atoms with Crippen LogP contribution in [-0.4, -0.2) is 30.2 Å². The van der Waals surface area contributed by atoms with Gasteiger partial charge < -0.3 is 14.5 Å². The van der Waals surface area contributed by atoms with Crippen LogP contribution in [0.15, 0.2) is 11.4 Å². The van der Waals surface area contributed by atoms with Crippen LogP contribution in [0.5, 0.6) is 5.75 Å². The normalized spacial score (nSPS) is 10.3. The Morgan fingerprint density at radius 1 is 1.47 bits per heavy atom. The number of nitrogens with zero attached hydrogens (tertiary/aromatic N) is 1. The minimum absolute atomic E-state index is 0.227. The largest absolute Gasteiger partial charge is 0.496 e. The topological polar surface area (TPSA) is 64.2 Å². The third-order valence-electron chi connectivity index (χ3n) is 2.54. The zero-order chi connectivity index (χ0) is 14.0. The number of aryl methyl sites for hydroxylation is 1. The second-order valence-corrected chi connectivity index (χ2v) is 5.03. The van der Waals surface area contributed by atoms with Gasteiger partial charge in [-0.05, 0) is 6.92 Å². The second-order valence-electron chi connectivity index (χ2n) is 3.73. The molecule has 2 heterocycles. The van der Waals surface area contributed by atoms with E-state index < -0.39 is 5.97 Å². The van der Waals surface area contributed by atoms with E-state index in [0.29, 0.717) is 17.1 Å². The van der Waals surface area contributed by atoms with Crippen LogP contribution in [0.1, 0.15) is 16.1 Å². The molecule has 0 spiro atoms. The molecule has 1 N–H and O–H groups in total. The number of hydrogen-bond donors (Lipinski definition) is 1. The maximum absolute atomic E-state index is 11.6. The number of thiophene rings is 1. The Morgan fingerprint density at radius 2 is 2.21 bits per heavy atom. The zero-order valence-electron chi connectivity index (χ0n) is 10.6. The van der Waals surface area contributed by atoms with E-state index >= 15 is 0 Å². The number of methoxy groups -OCH3 is 2. The molecule has 0 fully saturated rings. The molecule has 0 aliphatic heterocycles. The van der Waals surface area contributed by atoms with Crippen molar-refractivity contribution in [3.05, 3.63) is 27.3 Å². The molecule has 2 aromatic rings. The van der Waals surface area contributed by atoms with Crippen LogP contribution in [0.3, 0.4) is 0 Å². The molecule has 0 aliphatic carbocycles. The first kappa shape index (κ1) is 13.7. The number of aromatic nitrogens is 2. The predicted octanol–water partition coefficient (Wildman–Crippen LogP) is 2.97. The molecule has 0 aromatic carbocycles. The van der Waals surface area contributed by atoms with E-state index in [-0.39, 0.29) is 4.64 Å². The number of esters is 1. The summed E-state index contributed by atoms with van der Waals surface area (Å²) in [6.07, 6.45) is 0. The summed E-state index contributed by atoms with van der Waals surface area (Å²) in [5, 5.41) is 1.87. The Labute approximate surface area is 119 Å². The van der Waals surface area contributed by atoms with Gasteiger partial charge in [0.05, 0.1) is 19.1 Å². The molecular weight excluding hydrogens is 284 g/mol. The van der Waals surface area contributed by atoms with Gasteiger partial charge in [0, 0.05) is 17.1 Å². The van der Waals surface area contributed by atoms with E-state index in [0.717, 1.165) is 10.6 Å². The third kappa shape index (κ3) is 2.66. The van der Waals surface area contributed by atoms with Crippen molar-refractivity contribution in [1.29, 1.82) is 0 Å². The van der Waals surface area contributed by atoms with Gasteiger partial charge in [0.15, 0.2) is 0 Å². The Balaban J connectivity index is 2.51. The summed E-state index contributed by atoms with van der Waals surface area (Å²) in [6, 6.07) is 1.86. The van der Waals surface area contributed by atoms with Gasteiger partial charge in [-0.15, -0.1) is 11.3 Å². The highest BCUT2D eigenvalue weighted by Crippen LogP contribution is 2.29. The highest BCUT2D eigenvalue weighted by molar-refractivity contribution is 7.71. The standard InChI is InChI=1S/C12H12N2O3S2/c1-6-9(12(15)17-3)11(18)14-10(13-6)8-4-7(16-2)5-19-8/h4-5H,1-3H3,(H,13,14,18). The highest BCUT2D eigenvalue weighted by Gasteiger charge is 2.15. The lowest BCUT2D eigenvalue weighted by Crippen LogP contribution is -2.08. The summed E-state index contributed by atoms with van der Waals surface area (Å²) in [5.74, 6) is 0.890. The van der Waals surface area contributed by atoms with Crippen molar-refractivity contribution < 1.29 is 14.3 Å². The molecule has 5 nitrogen and oxygen atoms in total. The number of H-pyrrole nitrogens is 1. The number of rotatable bonds is 3. The average Bonchev–Trinajstić information content (AvgIpc) is 2.86. The van der Waals surface area contributed by atoms with Gasteiger partial charge in [0.1, 0.15) is 21.8 Å². The zero-order valence-corrected chi connectivity index (χ0v) is 12.3. The molecule has 0 unspecified atom stereocenters. The molecule has 7 heteroatoms. The molecule has 0 aliphatic rings. The SMILES string of the molecule is COC(=O)c1c(C)[nH]c(-c2cc(OC)cs2)nc1=S. The number of ether oxygens (including phenoxy) is 2. The molecule has 2 aromatic heterocycles. The smallest absolute Gasteiger partial charge is 0.342 e. The fraction of sp³-hybridized carbons (Fsp3) is 0.250. The average molecular weight is 296 g/mol. The molecule has 0 radical (unpaired) electrons. The molecule has 2 rings (SSSR count). The fourth-order valence-corrected chi connectivity index (χ4v) is 2.72. The number of carbonyl (C=O) groups is 1. The van der Waals surface area contributed by atoms with Crippen molar-refractivity contribution >= 4 is 29.5 Å². The lowest BCUT2D eigenvalue weighted by atomic mass is 10.2. The number of nitrogens with one attached hydrogen (secondary N) is 1. The first-order valence-electron chi connectivity index (χ1n) is 5.39. The van der Waals surface area contributed by atoms with E-state index in [1.165, 1.54) is 18.4 Å². The monoisotopic (exact) mass is 296 g/mol. The molecular formula is C12H12N2O3S2. The van der Waals surface area contributed by atoms with Crippen molar-refractivity contribution in [1.82, 2.24) is 9.97 Å². The molecule has 100 valence electrons. The van der Waals surface area contributed by atoms with E-state index in [1.807, 2.05) is 11.4 Å². The quantitative estimate of drug-likeness (QED) is 0.697. The van der Waals surface area contributed by atoms with E-state index in [4.69, 9.17) is 17.0 Å². The van der Waals surface area contributed by atoms with Crippen molar-refractivity contribution in [2.24, 2.45) is 0 Å². The molecule has 0 amide bonds. The first-order valence-corrected chi connectivity index (χ1v) is 6.67. The number of hydrogen-bond acceptors (Lipinski definition) is 6. The van der Waals surface area contributed by atoms with Gasteiger partial charge in [-0.3, -0.25) is 0 Å². The lowest BCUT2D eigenvalue weighted by Gasteiger charge is -2.06. The van der Waals surface area contributed by atoms with Gasteiger partial charge in [-0.2, -0.15) is 0 Å². The molecule has 0 saturated heterocycles. The van der Waals surface area contributed by atoms with Crippen molar-refractivity contribution in [2.45, 2.75) is 6.92 Å². The Hall–Kier alpha value is -1.73. The molecule has 0 saturated carbocycles. The summed E-state index contributed by atoms with van der Waals surface area (Å²) < 4.78 is 10.0. The van der Waals surface area contributed by atoms with Crippen LogP contribution in [0.25, 0.3) is 10.7 Å². The van der Waals surface area contributed by atoms with Gasteiger partial charge >= 0.3 is 5.97 Å². The Bertz CT molecular complexity index is 676. The van der Waals surface area contributed by atoms with Crippen LogP contribution in [-0.2, 0) is 4.74 Å². The van der Waals surface area contributed by atoms with E-state index in [2.05, 4.69) is 14.7 Å². The van der Waals surface area contributed by atoms with Crippen LogP contribution in [0.4, 0.5) is 0 Å². The lowest BCUT2D eigenvalue weighted by molar-refractivity contribution is 0.0598. The minimum atomic E-state index is -0.485. The molecule has 19 heavy (non-hydrogen) atoms. The van der Waals surface area contributed by atoms with Crippen LogP contribution in [0.2, 0.25) is 0 Å². The van der Waals surface area contributed by atoms with Crippen molar-refractivity contribution in [3.63, 3.8) is 0 Å². The summed E-state index contributed by atoms with van der Waals surface area (Å²) in [7, 11) is 2.92. The summed E-state index contributed by atoms with van der Waals surface area (Å²) in [6.45, 7) is 1.76. The highest BCUT2D eigenvalue weighted by atomic mass is 32.1. The van der Waals surface area contributed by atoms with Crippen LogP contribution in [0, 0.1) is 11.6 Å². The molecule has 0 bridgehead atoms. The van der Waals surface area contributed by atoms with E-state index in [1.54, 1.807) is 14.0 Å². The second kappa shape index (κ2) is 5.50. The fourth-order valence-electron chi connectivity index (χ4n) is 1.60. The summed E-state index contributed by atoms with van der Waals surface area (Å²) >= 11 is 6.63. The van der Waals surface area contributed by atoms with Crippen molar-refractivity contribution in [3.8, 4) is 16.5 Å². The van der Waals surface area contributed by atoms with Gasteiger partial charge in [0.2, 0.25) is 0 Å². The first-order chi connectivity index (χ1) is 9.06. The third-order valence-corrected chi connectivity index (χ3v) is 3.75. The van der Waals surface area contributed by atoms with Gasteiger partial charge in [-0.25, -0.2) is 9.78 Å². The Kier molecular flexibility index (Phi) is 3.96.